The Balaban J connectivity index is 0.00000676. The fraction of sp³-hybridized carbons (Fsp3) is 0.611. The minimum Gasteiger partial charge on any atom is -0.356 e. The number of hydrogen-bond acceptors (Lipinski definition) is 4. The lowest BCUT2D eigenvalue weighted by molar-refractivity contribution is 0.173. The standard InChI is InChI=1S/C18H33N5O2S.HI/c1-14(2)23(15(3)4)11-7-10-21-18(20-5)22-13-16-8-6-9-17(12-16)26(19,24)25;/h6,8-9,12,14-15H,7,10-11,13H2,1-5H3,(H2,19,24,25)(H2,20,21,22);1H. The van der Waals surface area contributed by atoms with Crippen molar-refractivity contribution in [1.29, 1.82) is 0 Å². The summed E-state index contributed by atoms with van der Waals surface area (Å²) in [4.78, 5) is 6.77. The minimum atomic E-state index is -3.69. The molecule has 0 aliphatic heterocycles. The number of hydrogen-bond donors (Lipinski definition) is 3. The fourth-order valence-electron chi connectivity index (χ4n) is 2.82. The van der Waals surface area contributed by atoms with Crippen LogP contribution in [0.5, 0.6) is 0 Å². The van der Waals surface area contributed by atoms with Gasteiger partial charge in [-0.3, -0.25) is 9.89 Å². The lowest BCUT2D eigenvalue weighted by Gasteiger charge is -2.30. The number of primary sulfonamides is 1. The van der Waals surface area contributed by atoms with E-state index in [1.54, 1.807) is 19.2 Å². The molecule has 0 aromatic heterocycles. The van der Waals surface area contributed by atoms with Gasteiger partial charge >= 0.3 is 0 Å². The summed E-state index contributed by atoms with van der Waals surface area (Å²) >= 11 is 0. The molecule has 1 aromatic carbocycles. The first-order valence-corrected chi connectivity index (χ1v) is 10.5. The molecular formula is C18H34IN5O2S. The second kappa shape index (κ2) is 12.5. The van der Waals surface area contributed by atoms with Crippen LogP contribution in [0, 0.1) is 0 Å². The van der Waals surface area contributed by atoms with E-state index in [0.29, 0.717) is 24.6 Å². The highest BCUT2D eigenvalue weighted by atomic mass is 127. The van der Waals surface area contributed by atoms with Crippen molar-refractivity contribution in [1.82, 2.24) is 15.5 Å². The summed E-state index contributed by atoms with van der Waals surface area (Å²) in [6.07, 6.45) is 1.01. The zero-order valence-electron chi connectivity index (χ0n) is 16.9. The summed E-state index contributed by atoms with van der Waals surface area (Å²) in [7, 11) is -1.97. The Morgan fingerprint density at radius 1 is 1.19 bits per heavy atom. The SMILES string of the molecule is CN=C(NCCCN(C(C)C)C(C)C)NCc1cccc(S(N)(=O)=O)c1.I. The van der Waals surface area contributed by atoms with E-state index in [-0.39, 0.29) is 28.9 Å². The summed E-state index contributed by atoms with van der Waals surface area (Å²) in [5, 5.41) is 11.6. The monoisotopic (exact) mass is 511 g/mol. The van der Waals surface area contributed by atoms with E-state index in [1.807, 2.05) is 6.07 Å². The van der Waals surface area contributed by atoms with Crippen LogP contribution in [0.2, 0.25) is 0 Å². The smallest absolute Gasteiger partial charge is 0.238 e. The molecule has 0 saturated carbocycles. The first kappa shape index (κ1) is 26.1. The van der Waals surface area contributed by atoms with E-state index in [0.717, 1.165) is 25.1 Å². The molecule has 0 atom stereocenters. The average Bonchev–Trinajstić information content (AvgIpc) is 2.56. The molecule has 0 unspecified atom stereocenters. The summed E-state index contributed by atoms with van der Waals surface area (Å²) in [6.45, 7) is 11.1. The topological polar surface area (TPSA) is 99.8 Å². The number of rotatable bonds is 9. The van der Waals surface area contributed by atoms with E-state index in [2.05, 4.69) is 48.2 Å². The zero-order valence-corrected chi connectivity index (χ0v) is 20.0. The molecule has 1 aromatic rings. The summed E-state index contributed by atoms with van der Waals surface area (Å²) < 4.78 is 22.8. The molecule has 9 heteroatoms. The third-order valence-corrected chi connectivity index (χ3v) is 5.03. The van der Waals surface area contributed by atoms with Gasteiger partial charge in [-0.15, -0.1) is 24.0 Å². The number of sulfonamides is 1. The number of benzene rings is 1. The maximum atomic E-state index is 11.4. The van der Waals surface area contributed by atoms with E-state index in [1.165, 1.54) is 6.07 Å². The van der Waals surface area contributed by atoms with Gasteiger partial charge in [0.05, 0.1) is 4.90 Å². The largest absolute Gasteiger partial charge is 0.356 e. The molecule has 0 radical (unpaired) electrons. The van der Waals surface area contributed by atoms with Gasteiger partial charge in [-0.2, -0.15) is 0 Å². The van der Waals surface area contributed by atoms with Crippen LogP contribution < -0.4 is 15.8 Å². The van der Waals surface area contributed by atoms with Gasteiger partial charge in [0.15, 0.2) is 5.96 Å². The van der Waals surface area contributed by atoms with E-state index >= 15 is 0 Å². The van der Waals surface area contributed by atoms with Crippen molar-refractivity contribution < 1.29 is 8.42 Å². The zero-order chi connectivity index (χ0) is 19.7. The number of halogens is 1. The number of guanidine groups is 1. The molecule has 0 aliphatic rings. The Labute approximate surface area is 181 Å². The third-order valence-electron chi connectivity index (χ3n) is 4.12. The first-order chi connectivity index (χ1) is 12.1. The Hall–Kier alpha value is -0.910. The molecule has 0 spiro atoms. The molecule has 0 bridgehead atoms. The lowest BCUT2D eigenvalue weighted by Crippen LogP contribution is -2.41. The predicted octanol–water partition coefficient (Wildman–Crippen LogP) is 2.13. The van der Waals surface area contributed by atoms with Crippen molar-refractivity contribution in [2.45, 2.75) is 57.6 Å². The normalized spacial score (nSPS) is 12.4. The minimum absolute atomic E-state index is 0. The number of aliphatic imine (C=N–C) groups is 1. The van der Waals surface area contributed by atoms with Crippen molar-refractivity contribution in [2.24, 2.45) is 10.1 Å². The molecule has 4 N–H and O–H groups in total. The van der Waals surface area contributed by atoms with Crippen LogP contribution in [0.15, 0.2) is 34.2 Å². The Morgan fingerprint density at radius 3 is 2.33 bits per heavy atom. The fourth-order valence-corrected chi connectivity index (χ4v) is 3.40. The number of nitrogens with one attached hydrogen (secondary N) is 2. The molecule has 7 nitrogen and oxygen atoms in total. The summed E-state index contributed by atoms with van der Waals surface area (Å²) in [5.74, 6) is 0.687. The van der Waals surface area contributed by atoms with Gasteiger partial charge in [0, 0.05) is 38.8 Å². The van der Waals surface area contributed by atoms with Gasteiger partial charge in [-0.25, -0.2) is 13.6 Å². The van der Waals surface area contributed by atoms with Gasteiger partial charge in [0.25, 0.3) is 0 Å². The molecule has 0 heterocycles. The third kappa shape index (κ3) is 9.72. The molecule has 1 rings (SSSR count). The van der Waals surface area contributed by atoms with Crippen molar-refractivity contribution in [3.8, 4) is 0 Å². The molecule has 27 heavy (non-hydrogen) atoms. The Morgan fingerprint density at radius 2 is 1.81 bits per heavy atom. The Bertz CT molecular complexity index is 685. The second-order valence-electron chi connectivity index (χ2n) is 6.82. The molecule has 0 aliphatic carbocycles. The second-order valence-corrected chi connectivity index (χ2v) is 8.39. The lowest BCUT2D eigenvalue weighted by atomic mass is 10.2. The van der Waals surface area contributed by atoms with Crippen LogP contribution in [0.3, 0.4) is 0 Å². The molecule has 0 fully saturated rings. The van der Waals surface area contributed by atoms with Crippen molar-refractivity contribution in [2.75, 3.05) is 20.1 Å². The van der Waals surface area contributed by atoms with Crippen molar-refractivity contribution in [3.05, 3.63) is 29.8 Å². The summed E-state index contributed by atoms with van der Waals surface area (Å²) in [5.41, 5.74) is 0.824. The molecule has 156 valence electrons. The quantitative estimate of drug-likeness (QED) is 0.204. The predicted molar refractivity (Wildman–Crippen MR) is 123 cm³/mol. The maximum absolute atomic E-state index is 11.4. The van der Waals surface area contributed by atoms with Crippen LogP contribution >= 0.6 is 24.0 Å². The van der Waals surface area contributed by atoms with Gasteiger partial charge in [0.2, 0.25) is 10.0 Å². The number of nitrogens with two attached hydrogens (primary N) is 1. The van der Waals surface area contributed by atoms with Crippen molar-refractivity contribution >= 4 is 40.0 Å². The van der Waals surface area contributed by atoms with E-state index < -0.39 is 10.0 Å². The van der Waals surface area contributed by atoms with Crippen molar-refractivity contribution in [3.63, 3.8) is 0 Å². The highest BCUT2D eigenvalue weighted by Gasteiger charge is 2.12. The van der Waals surface area contributed by atoms with Gasteiger partial charge in [-0.1, -0.05) is 12.1 Å². The van der Waals surface area contributed by atoms with Gasteiger partial charge in [0.1, 0.15) is 0 Å². The van der Waals surface area contributed by atoms with Crippen LogP contribution in [0.1, 0.15) is 39.7 Å². The van der Waals surface area contributed by atoms with Crippen LogP contribution in [-0.2, 0) is 16.6 Å². The highest BCUT2D eigenvalue weighted by molar-refractivity contribution is 14.0. The van der Waals surface area contributed by atoms with E-state index in [4.69, 9.17) is 5.14 Å². The average molecular weight is 511 g/mol. The molecular weight excluding hydrogens is 477 g/mol. The number of nitrogens with zero attached hydrogens (tertiary/aromatic N) is 2. The van der Waals surface area contributed by atoms with Gasteiger partial charge in [-0.05, 0) is 51.8 Å². The van der Waals surface area contributed by atoms with Gasteiger partial charge < -0.3 is 10.6 Å². The van der Waals surface area contributed by atoms with Crippen LogP contribution in [-0.4, -0.2) is 51.5 Å². The van der Waals surface area contributed by atoms with Crippen LogP contribution in [0.25, 0.3) is 0 Å². The molecule has 0 amide bonds. The summed E-state index contributed by atoms with van der Waals surface area (Å²) in [6, 6.07) is 7.63. The van der Waals surface area contributed by atoms with E-state index in [9.17, 15) is 8.42 Å². The highest BCUT2D eigenvalue weighted by Crippen LogP contribution is 2.09. The van der Waals surface area contributed by atoms with Crippen LogP contribution in [0.4, 0.5) is 0 Å². The first-order valence-electron chi connectivity index (χ1n) is 8.97. The molecule has 0 saturated heterocycles. The maximum Gasteiger partial charge on any atom is 0.238 e. The Kier molecular flexibility index (Phi) is 12.1.